The second-order valence-corrected chi connectivity index (χ2v) is 6.92. The van der Waals surface area contributed by atoms with Gasteiger partial charge in [0.2, 0.25) is 5.91 Å². The van der Waals surface area contributed by atoms with Crippen LogP contribution < -0.4 is 10.1 Å². The number of fused-ring (bicyclic) bond motifs is 1. The Morgan fingerprint density at radius 1 is 1.26 bits per heavy atom. The first kappa shape index (κ1) is 19.3. The normalized spacial score (nSPS) is 11.2. The molecular weight excluding hydrogens is 425 g/mol. The van der Waals surface area contributed by atoms with Gasteiger partial charge in [0.25, 0.3) is 0 Å². The van der Waals surface area contributed by atoms with E-state index in [0.717, 1.165) is 11.2 Å². The molecule has 3 aromatic rings. The van der Waals surface area contributed by atoms with Crippen molar-refractivity contribution in [3.05, 3.63) is 63.5 Å². The van der Waals surface area contributed by atoms with Crippen molar-refractivity contribution in [2.45, 2.75) is 26.5 Å². The number of hydrogen-bond acceptors (Lipinski definition) is 2. The number of H-pyrrole nitrogens is 1. The number of carbonyl (C=O) groups is 1. The molecule has 0 unspecified atom stereocenters. The average Bonchev–Trinajstić information content (AvgIpc) is 2.90. The lowest BCUT2D eigenvalue weighted by Crippen LogP contribution is -2.25. The molecule has 2 aromatic carbocycles. The highest BCUT2D eigenvalue weighted by Gasteiger charge is 2.15. The van der Waals surface area contributed by atoms with Crippen molar-refractivity contribution >= 4 is 32.7 Å². The fraction of sp³-hybridized carbons (Fsp3) is 0.211. The minimum Gasteiger partial charge on any atom is -0.434 e. The van der Waals surface area contributed by atoms with Gasteiger partial charge in [-0.25, -0.2) is 4.39 Å². The first-order valence-electron chi connectivity index (χ1n) is 8.10. The summed E-state index contributed by atoms with van der Waals surface area (Å²) in [5.41, 5.74) is 2.63. The van der Waals surface area contributed by atoms with Crippen LogP contribution in [0.25, 0.3) is 10.9 Å². The van der Waals surface area contributed by atoms with E-state index in [1.165, 1.54) is 18.2 Å². The minimum absolute atomic E-state index is 0.00107. The molecule has 27 heavy (non-hydrogen) atoms. The van der Waals surface area contributed by atoms with Crippen molar-refractivity contribution in [1.82, 2.24) is 10.3 Å². The molecule has 142 valence electrons. The number of alkyl halides is 2. The number of halogens is 4. The lowest BCUT2D eigenvalue weighted by atomic mass is 10.1. The van der Waals surface area contributed by atoms with E-state index in [1.807, 2.05) is 6.92 Å². The van der Waals surface area contributed by atoms with Gasteiger partial charge in [0.15, 0.2) is 0 Å². The lowest BCUT2D eigenvalue weighted by molar-refractivity contribution is -0.120. The molecule has 1 heterocycles. The smallest absolute Gasteiger partial charge is 0.387 e. The molecule has 1 amide bonds. The molecular formula is C19H16BrF3N2O2. The van der Waals surface area contributed by atoms with Crippen LogP contribution in [0.5, 0.6) is 5.75 Å². The second kappa shape index (κ2) is 8.04. The van der Waals surface area contributed by atoms with Crippen molar-refractivity contribution in [3.8, 4) is 5.75 Å². The van der Waals surface area contributed by atoms with Crippen molar-refractivity contribution < 1.29 is 22.7 Å². The van der Waals surface area contributed by atoms with E-state index in [0.29, 0.717) is 21.0 Å². The second-order valence-electron chi connectivity index (χ2n) is 6.00. The fourth-order valence-corrected chi connectivity index (χ4v) is 3.30. The van der Waals surface area contributed by atoms with Gasteiger partial charge in [-0.3, -0.25) is 4.79 Å². The number of aryl methyl sites for hydroxylation is 1. The van der Waals surface area contributed by atoms with Crippen LogP contribution in [0.2, 0.25) is 0 Å². The first-order valence-corrected chi connectivity index (χ1v) is 8.89. The quantitative estimate of drug-likeness (QED) is 0.576. The highest BCUT2D eigenvalue weighted by molar-refractivity contribution is 9.10. The summed E-state index contributed by atoms with van der Waals surface area (Å²) in [5.74, 6) is -0.698. The monoisotopic (exact) mass is 440 g/mol. The van der Waals surface area contributed by atoms with E-state index in [-0.39, 0.29) is 30.4 Å². The molecule has 0 aliphatic rings. The SMILES string of the molecule is Cc1[nH]c2ccc(F)cc2c1CC(=O)NCc1cc(Br)ccc1OC(F)F. The third-order valence-corrected chi connectivity index (χ3v) is 4.63. The zero-order valence-corrected chi connectivity index (χ0v) is 15.9. The van der Waals surface area contributed by atoms with Crippen LogP contribution in [-0.2, 0) is 17.8 Å². The van der Waals surface area contributed by atoms with Crippen LogP contribution in [0.4, 0.5) is 13.2 Å². The van der Waals surface area contributed by atoms with Gasteiger partial charge in [0.05, 0.1) is 6.42 Å². The van der Waals surface area contributed by atoms with Crippen molar-refractivity contribution in [1.29, 1.82) is 0 Å². The predicted octanol–water partition coefficient (Wildman–Crippen LogP) is 4.84. The Hall–Kier alpha value is -2.48. The zero-order chi connectivity index (χ0) is 19.6. The number of hydrogen-bond donors (Lipinski definition) is 2. The van der Waals surface area contributed by atoms with Gasteiger partial charge in [-0.05, 0) is 48.9 Å². The van der Waals surface area contributed by atoms with E-state index in [1.54, 1.807) is 18.2 Å². The molecule has 0 atom stereocenters. The van der Waals surface area contributed by atoms with E-state index in [2.05, 4.69) is 31.0 Å². The molecule has 1 aromatic heterocycles. The molecule has 8 heteroatoms. The molecule has 0 fully saturated rings. The van der Waals surface area contributed by atoms with Gasteiger partial charge in [-0.1, -0.05) is 15.9 Å². The number of amides is 1. The van der Waals surface area contributed by atoms with E-state index >= 15 is 0 Å². The molecule has 0 aliphatic carbocycles. The van der Waals surface area contributed by atoms with Crippen LogP contribution in [0, 0.1) is 12.7 Å². The van der Waals surface area contributed by atoms with Crippen LogP contribution in [0.1, 0.15) is 16.8 Å². The summed E-state index contributed by atoms with van der Waals surface area (Å²) in [4.78, 5) is 15.5. The highest BCUT2D eigenvalue weighted by Crippen LogP contribution is 2.26. The third kappa shape index (κ3) is 4.63. The summed E-state index contributed by atoms with van der Waals surface area (Å²) in [5, 5.41) is 3.34. The van der Waals surface area contributed by atoms with Crippen LogP contribution in [0.15, 0.2) is 40.9 Å². The Kier molecular flexibility index (Phi) is 5.74. The summed E-state index contributed by atoms with van der Waals surface area (Å²) < 4.78 is 43.7. The van der Waals surface area contributed by atoms with Gasteiger partial charge in [0, 0.05) is 33.2 Å². The molecule has 4 nitrogen and oxygen atoms in total. The number of aromatic nitrogens is 1. The summed E-state index contributed by atoms with van der Waals surface area (Å²) >= 11 is 3.27. The van der Waals surface area contributed by atoms with Gasteiger partial charge in [0.1, 0.15) is 11.6 Å². The Balaban J connectivity index is 1.73. The van der Waals surface area contributed by atoms with Crippen LogP contribution in [-0.4, -0.2) is 17.5 Å². The fourth-order valence-electron chi connectivity index (χ4n) is 2.90. The highest BCUT2D eigenvalue weighted by atomic mass is 79.9. The summed E-state index contributed by atoms with van der Waals surface area (Å²) in [6.45, 7) is -1.12. The minimum atomic E-state index is -2.95. The average molecular weight is 441 g/mol. The molecule has 0 spiro atoms. The van der Waals surface area contributed by atoms with Crippen molar-refractivity contribution in [3.63, 3.8) is 0 Å². The van der Waals surface area contributed by atoms with Crippen LogP contribution >= 0.6 is 15.9 Å². The Morgan fingerprint density at radius 3 is 2.78 bits per heavy atom. The predicted molar refractivity (Wildman–Crippen MR) is 99.3 cm³/mol. The largest absolute Gasteiger partial charge is 0.434 e. The zero-order valence-electron chi connectivity index (χ0n) is 14.3. The maximum atomic E-state index is 13.5. The third-order valence-electron chi connectivity index (χ3n) is 4.13. The molecule has 2 N–H and O–H groups in total. The molecule has 0 aliphatic heterocycles. The van der Waals surface area contributed by atoms with Gasteiger partial charge < -0.3 is 15.0 Å². The Morgan fingerprint density at radius 2 is 2.04 bits per heavy atom. The maximum absolute atomic E-state index is 13.5. The molecule has 0 saturated heterocycles. The van der Waals surface area contributed by atoms with E-state index < -0.39 is 6.61 Å². The summed E-state index contributed by atoms with van der Waals surface area (Å²) in [7, 11) is 0. The number of aromatic amines is 1. The summed E-state index contributed by atoms with van der Waals surface area (Å²) in [6.07, 6.45) is 0.0360. The number of carbonyl (C=O) groups excluding carboxylic acids is 1. The molecule has 3 rings (SSSR count). The number of nitrogens with one attached hydrogen (secondary N) is 2. The number of ether oxygens (including phenoxy) is 1. The van der Waals surface area contributed by atoms with E-state index in [4.69, 9.17) is 0 Å². The molecule has 0 bridgehead atoms. The standard InChI is InChI=1S/C19H16BrF3N2O2/c1-10-14(15-7-13(21)3-4-16(15)25-10)8-18(26)24-9-11-6-12(20)2-5-17(11)27-19(22)23/h2-7,19,25H,8-9H2,1H3,(H,24,26). The number of rotatable bonds is 6. The Bertz CT molecular complexity index is 988. The topological polar surface area (TPSA) is 54.1 Å². The molecule has 0 saturated carbocycles. The lowest BCUT2D eigenvalue weighted by Gasteiger charge is -2.12. The molecule has 0 radical (unpaired) electrons. The summed E-state index contributed by atoms with van der Waals surface area (Å²) in [6, 6.07) is 8.93. The Labute approximate surface area is 161 Å². The van der Waals surface area contributed by atoms with Gasteiger partial charge in [-0.2, -0.15) is 8.78 Å². The van der Waals surface area contributed by atoms with Crippen molar-refractivity contribution in [2.24, 2.45) is 0 Å². The maximum Gasteiger partial charge on any atom is 0.387 e. The van der Waals surface area contributed by atoms with Gasteiger partial charge in [-0.15, -0.1) is 0 Å². The first-order chi connectivity index (χ1) is 12.8. The van der Waals surface area contributed by atoms with Crippen LogP contribution in [0.3, 0.4) is 0 Å². The van der Waals surface area contributed by atoms with E-state index in [9.17, 15) is 18.0 Å². The van der Waals surface area contributed by atoms with Crippen molar-refractivity contribution in [2.75, 3.05) is 0 Å². The van der Waals surface area contributed by atoms with Gasteiger partial charge >= 0.3 is 6.61 Å². The number of benzene rings is 2.